The molecule has 6 nitrogen and oxygen atoms in total. The van der Waals surface area contributed by atoms with Gasteiger partial charge >= 0.3 is 0 Å². The summed E-state index contributed by atoms with van der Waals surface area (Å²) in [5.41, 5.74) is -0.546. The largest absolute Gasteiger partial charge is 0.348 e. The van der Waals surface area contributed by atoms with Crippen molar-refractivity contribution < 1.29 is 9.72 Å². The molecule has 1 heterocycles. The molecule has 2 rings (SSSR count). The van der Waals surface area contributed by atoms with Crippen molar-refractivity contribution in [1.29, 1.82) is 0 Å². The number of nitrogens with one attached hydrogen (secondary N) is 1. The normalized spacial score (nSPS) is 21.6. The summed E-state index contributed by atoms with van der Waals surface area (Å²) < 4.78 is 0. The Bertz CT molecular complexity index is 580. The molecule has 0 aromatic heterocycles. The van der Waals surface area contributed by atoms with Gasteiger partial charge in [0.15, 0.2) is 0 Å². The van der Waals surface area contributed by atoms with E-state index >= 15 is 0 Å². The average Bonchev–Trinajstić information content (AvgIpc) is 2.46. The number of nitro benzene ring substituents is 1. The predicted molar refractivity (Wildman–Crippen MR) is 91.2 cm³/mol. The minimum absolute atomic E-state index is 0.0512. The molecule has 1 aliphatic rings. The van der Waals surface area contributed by atoms with Crippen LogP contribution in [-0.2, 0) is 4.79 Å². The van der Waals surface area contributed by atoms with Crippen LogP contribution in [0.3, 0.4) is 0 Å². The second-order valence-electron chi connectivity index (χ2n) is 7.35. The Kier molecular flexibility index (Phi) is 5.21. The van der Waals surface area contributed by atoms with Crippen molar-refractivity contribution in [2.75, 3.05) is 7.05 Å². The molecular weight excluding hydrogens is 294 g/mol. The van der Waals surface area contributed by atoms with Crippen molar-refractivity contribution in [3.8, 4) is 0 Å². The fourth-order valence-corrected chi connectivity index (χ4v) is 2.41. The summed E-state index contributed by atoms with van der Waals surface area (Å²) in [5.74, 6) is 0.101. The van der Waals surface area contributed by atoms with Crippen LogP contribution in [0.2, 0.25) is 0 Å². The van der Waals surface area contributed by atoms with Crippen molar-refractivity contribution in [3.05, 3.63) is 40.4 Å². The molecule has 0 radical (unpaired) electrons. The maximum atomic E-state index is 11.9. The Morgan fingerprint density at radius 3 is 1.91 bits per heavy atom. The van der Waals surface area contributed by atoms with Gasteiger partial charge in [-0.25, -0.2) is 0 Å². The van der Waals surface area contributed by atoms with E-state index in [-0.39, 0.29) is 22.7 Å². The fourth-order valence-electron chi connectivity index (χ4n) is 2.41. The van der Waals surface area contributed by atoms with Crippen molar-refractivity contribution in [1.82, 2.24) is 10.2 Å². The SMILES string of the molecule is CN1C(C)(C)C(=O)NC(C)(C)C1(C)C.O=[N+]([O-])c1ccccc1. The Balaban J connectivity index is 0.000000253. The molecule has 23 heavy (non-hydrogen) atoms. The van der Waals surface area contributed by atoms with E-state index in [0.29, 0.717) is 0 Å². The number of para-hydroxylation sites is 1. The van der Waals surface area contributed by atoms with Gasteiger partial charge in [0.25, 0.3) is 5.69 Å². The number of carbonyl (C=O) groups is 1. The Labute approximate surface area is 138 Å². The first-order valence-electron chi connectivity index (χ1n) is 7.60. The molecule has 0 atom stereocenters. The van der Waals surface area contributed by atoms with Crippen molar-refractivity contribution in [2.24, 2.45) is 0 Å². The quantitative estimate of drug-likeness (QED) is 0.637. The van der Waals surface area contributed by atoms with E-state index in [1.165, 1.54) is 12.1 Å². The van der Waals surface area contributed by atoms with E-state index in [1.807, 2.05) is 20.9 Å². The van der Waals surface area contributed by atoms with Gasteiger partial charge in [-0.1, -0.05) is 18.2 Å². The van der Waals surface area contributed by atoms with Crippen LogP contribution in [0.1, 0.15) is 41.5 Å². The van der Waals surface area contributed by atoms with Crippen molar-refractivity contribution in [3.63, 3.8) is 0 Å². The summed E-state index contributed by atoms with van der Waals surface area (Å²) in [4.78, 5) is 23.6. The molecular formula is C17H27N3O3. The minimum Gasteiger partial charge on any atom is -0.348 e. The molecule has 128 valence electrons. The van der Waals surface area contributed by atoms with Crippen LogP contribution in [0.4, 0.5) is 5.69 Å². The average molecular weight is 321 g/mol. The Morgan fingerprint density at radius 2 is 1.52 bits per heavy atom. The van der Waals surface area contributed by atoms with Gasteiger partial charge in [-0.05, 0) is 48.6 Å². The van der Waals surface area contributed by atoms with Crippen LogP contribution < -0.4 is 5.32 Å². The van der Waals surface area contributed by atoms with Gasteiger partial charge in [-0.15, -0.1) is 0 Å². The maximum absolute atomic E-state index is 11.9. The van der Waals surface area contributed by atoms with Crippen molar-refractivity contribution in [2.45, 2.75) is 58.2 Å². The van der Waals surface area contributed by atoms with Gasteiger partial charge in [0.1, 0.15) is 0 Å². The molecule has 0 unspecified atom stereocenters. The lowest BCUT2D eigenvalue weighted by Crippen LogP contribution is -2.77. The Morgan fingerprint density at radius 1 is 1.04 bits per heavy atom. The summed E-state index contributed by atoms with van der Waals surface area (Å²) >= 11 is 0. The van der Waals surface area contributed by atoms with E-state index in [9.17, 15) is 14.9 Å². The lowest BCUT2D eigenvalue weighted by Gasteiger charge is -2.58. The van der Waals surface area contributed by atoms with E-state index in [2.05, 4.69) is 37.9 Å². The maximum Gasteiger partial charge on any atom is 0.269 e. The van der Waals surface area contributed by atoms with Gasteiger partial charge in [0.05, 0.1) is 16.0 Å². The molecule has 0 bridgehead atoms. The lowest BCUT2D eigenvalue weighted by atomic mass is 9.75. The van der Waals surface area contributed by atoms with Gasteiger partial charge in [-0.3, -0.25) is 19.8 Å². The highest BCUT2D eigenvalue weighted by Gasteiger charge is 2.53. The summed E-state index contributed by atoms with van der Waals surface area (Å²) in [5, 5.41) is 13.1. The third kappa shape index (κ3) is 3.69. The lowest BCUT2D eigenvalue weighted by molar-refractivity contribution is -0.384. The molecule has 1 aromatic carbocycles. The number of piperazine rings is 1. The van der Waals surface area contributed by atoms with Gasteiger partial charge < -0.3 is 5.32 Å². The van der Waals surface area contributed by atoms with E-state index in [0.717, 1.165) is 0 Å². The standard InChI is InChI=1S/C11H22N2O.C6H5NO2/c1-9(2)8(14)12-10(3,4)11(5,6)13(9)7;8-7(9)6-4-2-1-3-5-6/h1-7H3,(H,12,14);1-5H. The molecule has 1 amide bonds. The van der Waals surface area contributed by atoms with Crippen molar-refractivity contribution >= 4 is 11.6 Å². The molecule has 1 fully saturated rings. The summed E-state index contributed by atoms with van der Waals surface area (Å²) in [6, 6.07) is 7.93. The topological polar surface area (TPSA) is 75.5 Å². The van der Waals surface area contributed by atoms with Crippen LogP contribution in [-0.4, -0.2) is 39.4 Å². The number of hydrogen-bond donors (Lipinski definition) is 1. The molecule has 1 aliphatic heterocycles. The van der Waals surface area contributed by atoms with Gasteiger partial charge in [0.2, 0.25) is 5.91 Å². The first-order valence-corrected chi connectivity index (χ1v) is 7.60. The van der Waals surface area contributed by atoms with Gasteiger partial charge in [0, 0.05) is 17.7 Å². The van der Waals surface area contributed by atoms with Gasteiger partial charge in [-0.2, -0.15) is 0 Å². The van der Waals surface area contributed by atoms with E-state index in [4.69, 9.17) is 0 Å². The predicted octanol–water partition coefficient (Wildman–Crippen LogP) is 2.98. The van der Waals surface area contributed by atoms with Crippen LogP contribution in [0.25, 0.3) is 0 Å². The number of nitro groups is 1. The fraction of sp³-hybridized carbons (Fsp3) is 0.588. The smallest absolute Gasteiger partial charge is 0.269 e. The summed E-state index contributed by atoms with van der Waals surface area (Å²) in [7, 11) is 2.01. The molecule has 0 saturated carbocycles. The first kappa shape index (κ1) is 19.1. The highest BCUT2D eigenvalue weighted by Crippen LogP contribution is 2.36. The number of hydrogen-bond acceptors (Lipinski definition) is 4. The number of rotatable bonds is 1. The molecule has 0 aliphatic carbocycles. The monoisotopic (exact) mass is 321 g/mol. The first-order chi connectivity index (χ1) is 10.3. The summed E-state index contributed by atoms with van der Waals surface area (Å²) in [6.45, 7) is 12.4. The van der Waals surface area contributed by atoms with Crippen LogP contribution >= 0.6 is 0 Å². The molecule has 0 spiro atoms. The number of non-ortho nitro benzene ring substituents is 1. The second-order valence-corrected chi connectivity index (χ2v) is 7.35. The Hall–Kier alpha value is -1.95. The third-order valence-corrected chi connectivity index (χ3v) is 5.16. The number of likely N-dealkylation sites (N-methyl/N-ethyl adjacent to an activating group) is 1. The van der Waals surface area contributed by atoms with Crippen LogP contribution in [0, 0.1) is 10.1 Å². The number of amides is 1. The molecule has 1 N–H and O–H groups in total. The van der Waals surface area contributed by atoms with Crippen LogP contribution in [0.15, 0.2) is 30.3 Å². The zero-order chi connectivity index (χ0) is 18.1. The number of carbonyl (C=O) groups excluding carboxylic acids is 1. The van der Waals surface area contributed by atoms with Crippen LogP contribution in [0.5, 0.6) is 0 Å². The minimum atomic E-state index is -0.432. The third-order valence-electron chi connectivity index (χ3n) is 5.16. The molecule has 1 saturated heterocycles. The second kappa shape index (κ2) is 6.28. The number of nitrogens with zero attached hydrogens (tertiary/aromatic N) is 2. The molecule has 1 aromatic rings. The highest BCUT2D eigenvalue weighted by atomic mass is 16.6. The zero-order valence-electron chi connectivity index (χ0n) is 15.0. The molecule has 6 heteroatoms. The summed E-state index contributed by atoms with van der Waals surface area (Å²) in [6.07, 6.45) is 0. The number of benzene rings is 1. The van der Waals surface area contributed by atoms with E-state index < -0.39 is 10.5 Å². The van der Waals surface area contributed by atoms with E-state index in [1.54, 1.807) is 18.2 Å². The highest BCUT2D eigenvalue weighted by molar-refractivity contribution is 5.87. The zero-order valence-corrected chi connectivity index (χ0v) is 15.0.